The van der Waals surface area contributed by atoms with Gasteiger partial charge in [0, 0.05) is 24.3 Å². The Kier molecular flexibility index (Phi) is 12.4. The molecule has 0 radical (unpaired) electrons. The Hall–Kier alpha value is -1.77. The van der Waals surface area contributed by atoms with Gasteiger partial charge in [0.05, 0.1) is 0 Å². The number of likely N-dealkylation sites (tertiary alicyclic amines) is 1. The Labute approximate surface area is 226 Å². The molecule has 0 saturated carbocycles. The molecule has 0 aliphatic carbocycles. The van der Waals surface area contributed by atoms with Gasteiger partial charge in [-0.2, -0.15) is 0 Å². The van der Waals surface area contributed by atoms with Crippen LogP contribution in [0.2, 0.25) is 0 Å². The van der Waals surface area contributed by atoms with Gasteiger partial charge in [-0.1, -0.05) is 48.5 Å². The van der Waals surface area contributed by atoms with Crippen molar-refractivity contribution in [1.29, 1.82) is 0 Å². The zero-order valence-electron chi connectivity index (χ0n) is 21.6. The quantitative estimate of drug-likeness (QED) is 0.257. The van der Waals surface area contributed by atoms with Gasteiger partial charge in [-0.05, 0) is 37.0 Å². The van der Waals surface area contributed by atoms with Gasteiger partial charge in [-0.25, -0.2) is 4.79 Å². The van der Waals surface area contributed by atoms with Crippen LogP contribution < -0.4 is 43.0 Å². The van der Waals surface area contributed by atoms with E-state index in [4.69, 9.17) is 0 Å². The fraction of sp³-hybridized carbons (Fsp3) is 0.348. The van der Waals surface area contributed by atoms with Gasteiger partial charge < -0.3 is 23.1 Å². The zero-order valence-corrected chi connectivity index (χ0v) is 20.5. The first-order valence-corrected chi connectivity index (χ1v) is 12.5. The molecule has 8 nitrogen and oxygen atoms in total. The third kappa shape index (κ3) is 8.79. The van der Waals surface area contributed by atoms with Crippen molar-refractivity contribution in [2.45, 2.75) is 31.3 Å². The van der Waals surface area contributed by atoms with Crippen LogP contribution in [-0.2, 0) is 20.6 Å². The van der Waals surface area contributed by atoms with Crippen molar-refractivity contribution in [2.24, 2.45) is 0 Å². The van der Waals surface area contributed by atoms with Gasteiger partial charge in [0.15, 0.2) is 0 Å². The Morgan fingerprint density at radius 1 is 1.06 bits per heavy atom. The summed E-state index contributed by atoms with van der Waals surface area (Å²) in [7, 11) is -4.00. The van der Waals surface area contributed by atoms with Crippen molar-refractivity contribution in [3.63, 3.8) is 0 Å². The number of nitrogens with one attached hydrogen (secondary N) is 1. The second kappa shape index (κ2) is 14.0. The minimum atomic E-state index is -4.00. The van der Waals surface area contributed by atoms with Crippen LogP contribution in [0, 0.1) is 0 Å². The van der Waals surface area contributed by atoms with Crippen LogP contribution in [0.5, 0.6) is 0 Å². The number of amides is 2. The number of benzene rings is 2. The van der Waals surface area contributed by atoms with E-state index in [2.05, 4.69) is 5.32 Å². The molecule has 0 spiro atoms. The van der Waals surface area contributed by atoms with E-state index < -0.39 is 37.5 Å². The average molecular weight is 474 g/mol. The van der Waals surface area contributed by atoms with Crippen LogP contribution in [0.15, 0.2) is 60.7 Å². The summed E-state index contributed by atoms with van der Waals surface area (Å²) < 4.78 is 13.0. The number of hydrogen-bond acceptors (Lipinski definition) is 4. The van der Waals surface area contributed by atoms with E-state index in [-0.39, 0.29) is 59.2 Å². The molecule has 2 aromatic rings. The van der Waals surface area contributed by atoms with Gasteiger partial charge in [-0.15, -0.1) is 0 Å². The maximum absolute atomic E-state index is 13.0. The number of carbonyl (C=O) groups is 3. The van der Waals surface area contributed by atoms with E-state index in [9.17, 15) is 28.9 Å². The Balaban J connectivity index is 0. The molecule has 11 heteroatoms. The molecule has 0 bridgehead atoms. The van der Waals surface area contributed by atoms with Crippen molar-refractivity contribution in [3.8, 4) is 0 Å². The van der Waals surface area contributed by atoms with Gasteiger partial charge in [0.25, 0.3) is 5.91 Å². The predicted octanol–water partition coefficient (Wildman–Crippen LogP) is -3.39. The minimum Gasteiger partial charge on any atom is -1.00 e. The van der Waals surface area contributed by atoms with Gasteiger partial charge in [0.2, 0.25) is 13.3 Å². The molecule has 3 N–H and O–H groups in total. The molecule has 1 heterocycles. The van der Waals surface area contributed by atoms with Crippen molar-refractivity contribution >= 4 is 25.2 Å². The zero-order chi connectivity index (χ0) is 23.1. The molecule has 1 aliphatic rings. The summed E-state index contributed by atoms with van der Waals surface area (Å²) in [4.78, 5) is 48.4. The smallest absolute Gasteiger partial charge is 1.00 e. The standard InChI is InChI=1S/C23H27N2O6P.2Li.2H/c26-21(25-13-7-12-20(25)23(28)29)16-32(30,31)15-19(14-17-8-3-1-4-9-17)24-22(27)18-10-5-2-6-11-18;;;;/h1-6,8-11,19-20H,7,12-16H2,(H,24,27)(H,28,29)(H,30,31);;;;/q;2*+1;2*-1/t19?,20-;;;;/m0..../s1. The van der Waals surface area contributed by atoms with E-state index in [0.29, 0.717) is 24.8 Å². The second-order valence-electron chi connectivity index (χ2n) is 8.00. The topological polar surface area (TPSA) is 124 Å². The molecular weight excluding hydrogens is 445 g/mol. The summed E-state index contributed by atoms with van der Waals surface area (Å²) in [6, 6.07) is 16.2. The maximum atomic E-state index is 13.0. The number of carbonyl (C=O) groups excluding carboxylic acids is 2. The largest absolute Gasteiger partial charge is 1.00 e. The van der Waals surface area contributed by atoms with E-state index in [1.54, 1.807) is 30.3 Å². The van der Waals surface area contributed by atoms with E-state index in [1.807, 2.05) is 30.3 Å². The van der Waals surface area contributed by atoms with Crippen molar-refractivity contribution in [3.05, 3.63) is 71.8 Å². The fourth-order valence-electron chi connectivity index (χ4n) is 3.95. The summed E-state index contributed by atoms with van der Waals surface area (Å²) in [5, 5.41) is 12.1. The summed E-state index contributed by atoms with van der Waals surface area (Å²) in [6.07, 6.45) is 0.253. The summed E-state index contributed by atoms with van der Waals surface area (Å²) in [5.41, 5.74) is 1.30. The average Bonchev–Trinajstić information content (AvgIpc) is 3.25. The summed E-state index contributed by atoms with van der Waals surface area (Å²) in [5.74, 6) is -2.13. The van der Waals surface area contributed by atoms with Crippen LogP contribution in [0.4, 0.5) is 0 Å². The molecule has 1 fully saturated rings. The SMILES string of the molecule is O=C(NC(Cc1ccccc1)CP(=O)(O)CC(=O)N1CCC[C@H]1C(=O)O)c1ccccc1.[H-].[H-].[Li+].[Li+]. The van der Waals surface area contributed by atoms with Crippen LogP contribution in [0.3, 0.4) is 0 Å². The molecule has 2 aromatic carbocycles. The van der Waals surface area contributed by atoms with Crippen molar-refractivity contribution < 1.29 is 69.5 Å². The molecule has 1 aliphatic heterocycles. The first-order valence-electron chi connectivity index (χ1n) is 10.5. The fourth-order valence-corrected chi connectivity index (χ4v) is 5.59. The number of aliphatic carboxylic acids is 1. The first kappa shape index (κ1) is 30.3. The molecule has 3 rings (SSSR count). The Morgan fingerprint density at radius 3 is 2.24 bits per heavy atom. The van der Waals surface area contributed by atoms with Crippen LogP contribution >= 0.6 is 7.37 Å². The number of rotatable bonds is 9. The molecule has 2 amide bonds. The van der Waals surface area contributed by atoms with E-state index >= 15 is 0 Å². The summed E-state index contributed by atoms with van der Waals surface area (Å²) in [6.45, 7) is 0.258. The molecule has 3 atom stereocenters. The van der Waals surface area contributed by atoms with Gasteiger partial charge in [0.1, 0.15) is 12.2 Å². The summed E-state index contributed by atoms with van der Waals surface area (Å²) >= 11 is 0. The Bertz CT molecular complexity index is 1020. The van der Waals surface area contributed by atoms with E-state index in [1.165, 1.54) is 4.90 Å². The predicted molar refractivity (Wildman–Crippen MR) is 122 cm³/mol. The third-order valence-electron chi connectivity index (χ3n) is 5.44. The number of nitrogens with zero attached hydrogens (tertiary/aromatic N) is 1. The van der Waals surface area contributed by atoms with Crippen molar-refractivity contribution in [2.75, 3.05) is 18.9 Å². The monoisotopic (exact) mass is 474 g/mol. The molecule has 174 valence electrons. The van der Waals surface area contributed by atoms with Crippen LogP contribution in [0.25, 0.3) is 0 Å². The molecule has 34 heavy (non-hydrogen) atoms. The maximum Gasteiger partial charge on any atom is 1.00 e. The van der Waals surface area contributed by atoms with Gasteiger partial charge in [-0.3, -0.25) is 14.2 Å². The number of carboxylic acids is 1. The minimum absolute atomic E-state index is 0. The Morgan fingerprint density at radius 2 is 1.65 bits per heavy atom. The number of carboxylic acid groups (broad SMARTS) is 1. The van der Waals surface area contributed by atoms with Crippen LogP contribution in [0.1, 0.15) is 31.6 Å². The molecule has 2 unspecified atom stereocenters. The third-order valence-corrected chi connectivity index (χ3v) is 7.22. The molecular formula is C23H29Li2N2O6P. The van der Waals surface area contributed by atoms with Gasteiger partial charge >= 0.3 is 43.7 Å². The second-order valence-corrected chi connectivity index (χ2v) is 10.4. The first-order chi connectivity index (χ1) is 15.2. The number of hydrogen-bond donors (Lipinski definition) is 3. The van der Waals surface area contributed by atoms with E-state index in [0.717, 1.165) is 5.56 Å². The molecule has 0 aromatic heterocycles. The van der Waals surface area contributed by atoms with Crippen molar-refractivity contribution in [1.82, 2.24) is 10.2 Å². The normalized spacial score (nSPS) is 17.4. The van der Waals surface area contributed by atoms with Crippen LogP contribution in [-0.4, -0.2) is 63.6 Å². The molecule has 1 saturated heterocycles.